The molecule has 24 heavy (non-hydrogen) atoms. The van der Waals surface area contributed by atoms with Crippen LogP contribution in [0.15, 0.2) is 30.7 Å². The fourth-order valence-electron chi connectivity index (χ4n) is 3.28. The molecule has 4 heterocycles. The summed E-state index contributed by atoms with van der Waals surface area (Å²) in [6.07, 6.45) is 8.68. The van der Waals surface area contributed by atoms with E-state index in [9.17, 15) is 5.11 Å². The maximum absolute atomic E-state index is 10.1. The summed E-state index contributed by atoms with van der Waals surface area (Å²) in [4.78, 5) is 2.24. The second-order valence-electron chi connectivity index (χ2n) is 6.26. The van der Waals surface area contributed by atoms with E-state index in [0.717, 1.165) is 37.3 Å². The molecule has 8 nitrogen and oxygen atoms in total. The van der Waals surface area contributed by atoms with Crippen LogP contribution in [-0.2, 0) is 9.47 Å². The summed E-state index contributed by atoms with van der Waals surface area (Å²) in [6, 6.07) is 0. The van der Waals surface area contributed by atoms with E-state index in [0.29, 0.717) is 13.2 Å². The molecule has 0 radical (unpaired) electrons. The molecule has 0 spiro atoms. The summed E-state index contributed by atoms with van der Waals surface area (Å²) < 4.78 is 11.7. The van der Waals surface area contributed by atoms with Gasteiger partial charge in [0.25, 0.3) is 0 Å². The molecular formula is C16H23N5O3. The molecule has 1 aromatic rings. The van der Waals surface area contributed by atoms with Crippen molar-refractivity contribution in [2.24, 2.45) is 0 Å². The van der Waals surface area contributed by atoms with Crippen LogP contribution >= 0.6 is 0 Å². The van der Waals surface area contributed by atoms with Gasteiger partial charge in [-0.25, -0.2) is 0 Å². The molecule has 4 N–H and O–H groups in total. The third-order valence-corrected chi connectivity index (χ3v) is 4.67. The molecule has 1 unspecified atom stereocenters. The Morgan fingerprint density at radius 1 is 1.33 bits per heavy atom. The number of aliphatic hydroxyl groups excluding tert-OH is 1. The third-order valence-electron chi connectivity index (χ3n) is 4.67. The monoisotopic (exact) mass is 333 g/mol. The minimum Gasteiger partial charge on any atom is -0.388 e. The number of H-pyrrole nitrogens is 1. The van der Waals surface area contributed by atoms with Gasteiger partial charge in [-0.15, -0.1) is 0 Å². The summed E-state index contributed by atoms with van der Waals surface area (Å²) in [6.45, 7) is 4.25. The van der Waals surface area contributed by atoms with Gasteiger partial charge in [0.2, 0.25) is 5.85 Å². The van der Waals surface area contributed by atoms with E-state index < -0.39 is 12.0 Å². The molecule has 0 aromatic carbocycles. The summed E-state index contributed by atoms with van der Waals surface area (Å²) in [5, 5.41) is 23.6. The van der Waals surface area contributed by atoms with Crippen LogP contribution in [0.25, 0.3) is 5.57 Å². The predicted molar refractivity (Wildman–Crippen MR) is 87.7 cm³/mol. The molecular weight excluding hydrogens is 310 g/mol. The number of allylic oxidation sites excluding steroid dienone is 2. The van der Waals surface area contributed by atoms with Gasteiger partial charge in [0.05, 0.1) is 19.4 Å². The van der Waals surface area contributed by atoms with Gasteiger partial charge in [-0.05, 0) is 6.08 Å². The van der Waals surface area contributed by atoms with Gasteiger partial charge in [0.15, 0.2) is 0 Å². The fourth-order valence-corrected chi connectivity index (χ4v) is 3.28. The van der Waals surface area contributed by atoms with Crippen LogP contribution in [-0.4, -0.2) is 77.7 Å². The molecule has 8 heteroatoms. The van der Waals surface area contributed by atoms with Crippen molar-refractivity contribution in [3.8, 4) is 0 Å². The SMILES string of the molecule is O[C@H]1COC[C@@H]1OC1(N2CCNCC2)C=CC(c2cn[nH]c2)=CN1. The number of rotatable bonds is 4. The minimum absolute atomic E-state index is 0.322. The minimum atomic E-state index is -0.769. The van der Waals surface area contributed by atoms with E-state index in [-0.39, 0.29) is 6.10 Å². The van der Waals surface area contributed by atoms with Gasteiger partial charge in [0.1, 0.15) is 12.2 Å². The van der Waals surface area contributed by atoms with E-state index in [4.69, 9.17) is 9.47 Å². The largest absolute Gasteiger partial charge is 0.388 e. The summed E-state index contributed by atoms with van der Waals surface area (Å²) >= 11 is 0. The normalized spacial score (nSPS) is 34.1. The molecule has 0 aliphatic carbocycles. The van der Waals surface area contributed by atoms with Crippen molar-refractivity contribution in [3.05, 3.63) is 36.3 Å². The molecule has 4 rings (SSSR count). The Morgan fingerprint density at radius 2 is 2.21 bits per heavy atom. The van der Waals surface area contributed by atoms with Gasteiger partial charge < -0.3 is 25.2 Å². The van der Waals surface area contributed by atoms with Crippen molar-refractivity contribution in [2.45, 2.75) is 18.1 Å². The molecule has 2 fully saturated rings. The number of hydrogen-bond donors (Lipinski definition) is 4. The first-order valence-electron chi connectivity index (χ1n) is 8.32. The Morgan fingerprint density at radius 3 is 2.83 bits per heavy atom. The molecule has 3 aliphatic rings. The maximum Gasteiger partial charge on any atom is 0.219 e. The molecule has 130 valence electrons. The second kappa shape index (κ2) is 6.66. The van der Waals surface area contributed by atoms with Gasteiger partial charge in [-0.1, -0.05) is 6.08 Å². The van der Waals surface area contributed by atoms with Crippen LogP contribution in [0.1, 0.15) is 5.56 Å². The highest BCUT2D eigenvalue weighted by molar-refractivity contribution is 5.74. The molecule has 0 bridgehead atoms. The van der Waals surface area contributed by atoms with Crippen molar-refractivity contribution < 1.29 is 14.6 Å². The van der Waals surface area contributed by atoms with Crippen molar-refractivity contribution in [1.29, 1.82) is 0 Å². The second-order valence-corrected chi connectivity index (χ2v) is 6.26. The lowest BCUT2D eigenvalue weighted by Crippen LogP contribution is -2.64. The number of nitrogens with one attached hydrogen (secondary N) is 3. The van der Waals surface area contributed by atoms with Gasteiger partial charge in [-0.3, -0.25) is 10.00 Å². The zero-order chi connectivity index (χ0) is 16.4. The van der Waals surface area contributed by atoms with E-state index in [1.807, 2.05) is 24.5 Å². The van der Waals surface area contributed by atoms with Crippen molar-refractivity contribution in [2.75, 3.05) is 39.4 Å². The lowest BCUT2D eigenvalue weighted by atomic mass is 10.1. The molecule has 3 atom stereocenters. The van der Waals surface area contributed by atoms with Crippen LogP contribution in [0.4, 0.5) is 0 Å². The first-order chi connectivity index (χ1) is 11.8. The standard InChI is InChI=1S/C16H23N5O3/c22-14-10-23-11-15(14)24-16(21-5-3-17-4-6-21)2-1-12(7-18-16)13-8-19-20-9-13/h1-2,7-9,14-15,17-18,22H,3-6,10-11H2,(H,19,20)/t14-,15-,16?/m0/s1. The molecule has 2 saturated heterocycles. The van der Waals surface area contributed by atoms with E-state index in [2.05, 4.69) is 25.7 Å². The van der Waals surface area contributed by atoms with Gasteiger partial charge in [-0.2, -0.15) is 5.10 Å². The topological polar surface area (TPSA) is 94.7 Å². The number of hydrogen-bond acceptors (Lipinski definition) is 7. The zero-order valence-corrected chi connectivity index (χ0v) is 13.4. The molecule has 3 aliphatic heterocycles. The lowest BCUT2D eigenvalue weighted by Gasteiger charge is -2.46. The van der Waals surface area contributed by atoms with Gasteiger partial charge in [0, 0.05) is 49.7 Å². The number of piperazine rings is 1. The number of ether oxygens (including phenoxy) is 2. The van der Waals surface area contributed by atoms with Crippen LogP contribution in [0.2, 0.25) is 0 Å². The Hall–Kier alpha value is -1.71. The Bertz CT molecular complexity index is 611. The molecule has 1 aromatic heterocycles. The van der Waals surface area contributed by atoms with E-state index in [1.165, 1.54) is 0 Å². The molecule has 0 amide bonds. The average molecular weight is 333 g/mol. The summed E-state index contributed by atoms with van der Waals surface area (Å²) in [5.41, 5.74) is 2.04. The number of nitrogens with zero attached hydrogens (tertiary/aromatic N) is 2. The Balaban J connectivity index is 1.56. The van der Waals surface area contributed by atoms with Gasteiger partial charge >= 0.3 is 0 Å². The summed E-state index contributed by atoms with van der Waals surface area (Å²) in [5.74, 6) is -0.769. The quantitative estimate of drug-likeness (QED) is 0.576. The number of aliphatic hydroxyl groups is 1. The number of aromatic amines is 1. The maximum atomic E-state index is 10.1. The van der Waals surface area contributed by atoms with Crippen molar-refractivity contribution >= 4 is 5.57 Å². The van der Waals surface area contributed by atoms with Crippen LogP contribution in [0.3, 0.4) is 0 Å². The Kier molecular flexibility index (Phi) is 4.38. The highest BCUT2D eigenvalue weighted by Crippen LogP contribution is 2.28. The van der Waals surface area contributed by atoms with Crippen LogP contribution in [0, 0.1) is 0 Å². The first-order valence-corrected chi connectivity index (χ1v) is 8.32. The third kappa shape index (κ3) is 2.99. The summed E-state index contributed by atoms with van der Waals surface area (Å²) in [7, 11) is 0. The fraction of sp³-hybridized carbons (Fsp3) is 0.562. The van der Waals surface area contributed by atoms with E-state index in [1.54, 1.807) is 6.20 Å². The molecule has 0 saturated carbocycles. The predicted octanol–water partition coefficient (Wildman–Crippen LogP) is -0.755. The zero-order valence-electron chi connectivity index (χ0n) is 13.4. The first kappa shape index (κ1) is 15.8. The van der Waals surface area contributed by atoms with Crippen molar-refractivity contribution in [3.63, 3.8) is 0 Å². The number of dihydropyridines is 1. The number of aromatic nitrogens is 2. The van der Waals surface area contributed by atoms with Crippen molar-refractivity contribution in [1.82, 2.24) is 25.7 Å². The van der Waals surface area contributed by atoms with Crippen LogP contribution < -0.4 is 10.6 Å². The van der Waals surface area contributed by atoms with E-state index >= 15 is 0 Å². The van der Waals surface area contributed by atoms with Crippen LogP contribution in [0.5, 0.6) is 0 Å². The highest BCUT2D eigenvalue weighted by atomic mass is 16.6. The highest BCUT2D eigenvalue weighted by Gasteiger charge is 2.42. The average Bonchev–Trinajstić information content (AvgIpc) is 3.29. The lowest BCUT2D eigenvalue weighted by molar-refractivity contribution is -0.186. The Labute approximate surface area is 140 Å². The smallest absolute Gasteiger partial charge is 0.219 e.